The minimum absolute atomic E-state index is 0.0162. The number of nitrogens with zero attached hydrogens (tertiary/aromatic N) is 3. The monoisotopic (exact) mass is 385 g/mol. The van der Waals surface area contributed by atoms with Gasteiger partial charge in [-0.3, -0.25) is 14.8 Å². The van der Waals surface area contributed by atoms with E-state index >= 15 is 0 Å². The molecule has 2 aromatic rings. The Balaban J connectivity index is 1.54. The van der Waals surface area contributed by atoms with Crippen molar-refractivity contribution in [2.75, 3.05) is 13.1 Å². The Labute approximate surface area is 164 Å². The highest BCUT2D eigenvalue weighted by molar-refractivity contribution is 5.80. The van der Waals surface area contributed by atoms with E-state index in [1.54, 1.807) is 0 Å². The van der Waals surface area contributed by atoms with Crippen molar-refractivity contribution in [3.05, 3.63) is 30.2 Å². The maximum atomic E-state index is 13.4. The number of benzene rings is 1. The summed E-state index contributed by atoms with van der Waals surface area (Å²) >= 11 is 0. The maximum absolute atomic E-state index is 13.4. The van der Waals surface area contributed by atoms with E-state index in [0.717, 1.165) is 36.8 Å². The number of hydrogen-bond donors (Lipinski definition) is 1. The topological polar surface area (TPSA) is 86.9 Å². The highest BCUT2D eigenvalue weighted by atomic mass is 16.5. The van der Waals surface area contributed by atoms with Gasteiger partial charge in [-0.2, -0.15) is 0 Å². The minimum Gasteiger partial charge on any atom is -0.438 e. The second-order valence-corrected chi connectivity index (χ2v) is 8.02. The number of aromatic nitrogens is 1. The van der Waals surface area contributed by atoms with E-state index in [2.05, 4.69) is 4.98 Å². The molecule has 28 heavy (non-hydrogen) atoms. The molecular weight excluding hydrogens is 358 g/mol. The molecule has 4 rings (SSSR count). The van der Waals surface area contributed by atoms with Crippen LogP contribution in [-0.4, -0.2) is 45.6 Å². The molecule has 1 aromatic carbocycles. The van der Waals surface area contributed by atoms with Gasteiger partial charge in [-0.05, 0) is 37.3 Å². The van der Waals surface area contributed by atoms with Gasteiger partial charge in [0.2, 0.25) is 18.2 Å². The molecule has 1 aliphatic heterocycles. The summed E-state index contributed by atoms with van der Waals surface area (Å²) in [6.07, 6.45) is 7.40. The molecule has 0 unspecified atom stereocenters. The molecule has 150 valence electrons. The Morgan fingerprint density at radius 1 is 1.29 bits per heavy atom. The van der Waals surface area contributed by atoms with Gasteiger partial charge in [-0.25, -0.2) is 10.0 Å². The Hall–Kier alpha value is -2.41. The van der Waals surface area contributed by atoms with Crippen molar-refractivity contribution in [2.45, 2.75) is 51.0 Å². The first-order chi connectivity index (χ1) is 13.7. The van der Waals surface area contributed by atoms with Crippen LogP contribution in [0.4, 0.5) is 0 Å². The van der Waals surface area contributed by atoms with Crippen LogP contribution >= 0.6 is 0 Å². The van der Waals surface area contributed by atoms with Crippen LogP contribution in [-0.2, 0) is 9.59 Å². The van der Waals surface area contributed by atoms with E-state index < -0.39 is 5.92 Å². The van der Waals surface area contributed by atoms with Crippen molar-refractivity contribution >= 4 is 23.4 Å². The lowest BCUT2D eigenvalue weighted by Crippen LogP contribution is -2.41. The first kappa shape index (κ1) is 18.9. The second-order valence-electron chi connectivity index (χ2n) is 8.02. The summed E-state index contributed by atoms with van der Waals surface area (Å²) in [4.78, 5) is 30.7. The lowest BCUT2D eigenvalue weighted by Gasteiger charge is -2.29. The van der Waals surface area contributed by atoms with Crippen LogP contribution in [0, 0.1) is 11.8 Å². The number of carbonyl (C=O) groups excluding carboxylic acids is 2. The van der Waals surface area contributed by atoms with Crippen LogP contribution in [0.3, 0.4) is 0 Å². The summed E-state index contributed by atoms with van der Waals surface area (Å²) in [5.41, 5.74) is 1.52. The van der Waals surface area contributed by atoms with E-state index in [-0.39, 0.29) is 18.5 Å². The number of amides is 2. The van der Waals surface area contributed by atoms with E-state index in [4.69, 9.17) is 4.42 Å². The zero-order valence-electron chi connectivity index (χ0n) is 16.0. The number of carbonyl (C=O) groups is 2. The Morgan fingerprint density at radius 3 is 2.82 bits per heavy atom. The van der Waals surface area contributed by atoms with Gasteiger partial charge in [0, 0.05) is 6.54 Å². The standard InChI is InChI=1S/C21H27N3O4/c25-14-23(27)13-16(12-15-6-1-2-7-15)21(26)24-11-5-9-18(24)20-22-17-8-3-4-10-19(17)28-20/h3-4,8,10,14-16,18,27H,1-2,5-7,9,11-13H2/t16-,18+/m1/s1. The fraction of sp³-hybridized carbons (Fsp3) is 0.571. The molecule has 1 aliphatic carbocycles. The smallest absolute Gasteiger partial charge is 0.233 e. The molecule has 2 amide bonds. The van der Waals surface area contributed by atoms with Gasteiger partial charge in [0.15, 0.2) is 5.58 Å². The van der Waals surface area contributed by atoms with Crippen molar-refractivity contribution in [2.24, 2.45) is 11.8 Å². The third kappa shape index (κ3) is 3.90. The normalized spacial score (nSPS) is 21.3. The third-order valence-electron chi connectivity index (χ3n) is 6.10. The number of fused-ring (bicyclic) bond motifs is 1. The van der Waals surface area contributed by atoms with E-state index in [0.29, 0.717) is 36.2 Å². The Morgan fingerprint density at radius 2 is 2.07 bits per heavy atom. The van der Waals surface area contributed by atoms with E-state index in [1.807, 2.05) is 29.2 Å². The second kappa shape index (κ2) is 8.31. The van der Waals surface area contributed by atoms with Crippen LogP contribution in [0.5, 0.6) is 0 Å². The van der Waals surface area contributed by atoms with Gasteiger partial charge in [-0.15, -0.1) is 0 Å². The number of rotatable bonds is 7. The zero-order valence-corrected chi connectivity index (χ0v) is 16.0. The van der Waals surface area contributed by atoms with Crippen molar-refractivity contribution < 1.29 is 19.2 Å². The summed E-state index contributed by atoms with van der Waals surface area (Å²) in [6.45, 7) is 0.686. The average molecular weight is 385 g/mol. The maximum Gasteiger partial charge on any atom is 0.233 e. The minimum atomic E-state index is -0.400. The third-order valence-corrected chi connectivity index (χ3v) is 6.10. The van der Waals surface area contributed by atoms with Gasteiger partial charge < -0.3 is 9.32 Å². The number of hydrogen-bond acceptors (Lipinski definition) is 5. The Bertz CT molecular complexity index is 797. The van der Waals surface area contributed by atoms with Gasteiger partial charge in [0.25, 0.3) is 0 Å². The molecule has 0 radical (unpaired) electrons. The summed E-state index contributed by atoms with van der Waals surface area (Å²) in [7, 11) is 0. The molecule has 0 bridgehead atoms. The molecule has 2 heterocycles. The highest BCUT2D eigenvalue weighted by Crippen LogP contribution is 2.36. The van der Waals surface area contributed by atoms with Gasteiger partial charge >= 0.3 is 0 Å². The molecule has 1 saturated heterocycles. The Kier molecular flexibility index (Phi) is 5.62. The molecule has 7 heteroatoms. The number of likely N-dealkylation sites (tertiary alicyclic amines) is 1. The molecular formula is C21H27N3O4. The number of hydroxylamine groups is 2. The number of oxazole rings is 1. The van der Waals surface area contributed by atoms with Crippen LogP contribution in [0.25, 0.3) is 11.1 Å². The van der Waals surface area contributed by atoms with Crippen LogP contribution in [0.1, 0.15) is 56.9 Å². The highest BCUT2D eigenvalue weighted by Gasteiger charge is 2.38. The van der Waals surface area contributed by atoms with Crippen LogP contribution < -0.4 is 0 Å². The van der Waals surface area contributed by atoms with Crippen molar-refractivity contribution in [3.63, 3.8) is 0 Å². The predicted molar refractivity (Wildman–Crippen MR) is 102 cm³/mol. The van der Waals surface area contributed by atoms with Gasteiger partial charge in [0.1, 0.15) is 11.6 Å². The average Bonchev–Trinajstić information content (AvgIpc) is 3.45. The lowest BCUT2D eigenvalue weighted by molar-refractivity contribution is -0.157. The quantitative estimate of drug-likeness (QED) is 0.447. The fourth-order valence-corrected chi connectivity index (χ4v) is 4.73. The molecule has 2 fully saturated rings. The first-order valence-electron chi connectivity index (χ1n) is 10.2. The molecule has 1 saturated carbocycles. The largest absolute Gasteiger partial charge is 0.438 e. The summed E-state index contributed by atoms with van der Waals surface area (Å²) < 4.78 is 5.93. The van der Waals surface area contributed by atoms with E-state index in [9.17, 15) is 14.8 Å². The fourth-order valence-electron chi connectivity index (χ4n) is 4.73. The molecule has 0 spiro atoms. The first-order valence-corrected chi connectivity index (χ1v) is 10.2. The van der Waals surface area contributed by atoms with Crippen molar-refractivity contribution in [1.82, 2.24) is 14.9 Å². The van der Waals surface area contributed by atoms with E-state index in [1.165, 1.54) is 12.8 Å². The molecule has 2 atom stereocenters. The summed E-state index contributed by atoms with van der Waals surface area (Å²) in [5, 5.41) is 10.3. The van der Waals surface area contributed by atoms with Crippen molar-refractivity contribution in [3.8, 4) is 0 Å². The zero-order chi connectivity index (χ0) is 19.5. The molecule has 1 N–H and O–H groups in total. The number of para-hydroxylation sites is 2. The summed E-state index contributed by atoms with van der Waals surface area (Å²) in [5.74, 6) is 0.642. The molecule has 1 aromatic heterocycles. The van der Waals surface area contributed by atoms with Gasteiger partial charge in [0.05, 0.1) is 12.5 Å². The lowest BCUT2D eigenvalue weighted by atomic mass is 9.91. The summed E-state index contributed by atoms with van der Waals surface area (Å²) in [6, 6.07) is 7.42. The van der Waals surface area contributed by atoms with Gasteiger partial charge in [-0.1, -0.05) is 37.8 Å². The van der Waals surface area contributed by atoms with Crippen LogP contribution in [0.2, 0.25) is 0 Å². The molecule has 7 nitrogen and oxygen atoms in total. The van der Waals surface area contributed by atoms with Crippen molar-refractivity contribution in [1.29, 1.82) is 0 Å². The van der Waals surface area contributed by atoms with Crippen LogP contribution in [0.15, 0.2) is 28.7 Å². The predicted octanol–water partition coefficient (Wildman–Crippen LogP) is 3.54. The molecule has 2 aliphatic rings. The SMILES string of the molecule is O=CN(O)C[C@@H](CC1CCCC1)C(=O)N1CCC[C@H]1c1nc2ccccc2o1.